The number of nitrogens with zero attached hydrogens (tertiary/aromatic N) is 2. The Balaban J connectivity index is 1.71. The number of amides is 1. The van der Waals surface area contributed by atoms with Crippen molar-refractivity contribution in [1.82, 2.24) is 4.90 Å². The van der Waals surface area contributed by atoms with Crippen molar-refractivity contribution in [2.24, 2.45) is 10.9 Å². The van der Waals surface area contributed by atoms with Crippen molar-refractivity contribution < 1.29 is 9.90 Å². The molecule has 0 spiro atoms. The minimum Gasteiger partial charge on any atom is -0.508 e. The van der Waals surface area contributed by atoms with Gasteiger partial charge >= 0.3 is 0 Å². The van der Waals surface area contributed by atoms with E-state index in [9.17, 15) is 9.90 Å². The highest BCUT2D eigenvalue weighted by atomic mass is 32.2. The number of benzene rings is 1. The van der Waals surface area contributed by atoms with Gasteiger partial charge in [-0.05, 0) is 54.3 Å². The first kappa shape index (κ1) is 14.2. The van der Waals surface area contributed by atoms with Crippen molar-refractivity contribution >= 4 is 28.9 Å². The highest BCUT2D eigenvalue weighted by molar-refractivity contribution is 8.18. The molecule has 1 amide bonds. The lowest BCUT2D eigenvalue weighted by molar-refractivity contribution is -0.113. The maximum Gasteiger partial charge on any atom is 0.286 e. The van der Waals surface area contributed by atoms with E-state index in [2.05, 4.69) is 16.8 Å². The summed E-state index contributed by atoms with van der Waals surface area (Å²) in [6.45, 7) is 4.22. The third-order valence-electron chi connectivity index (χ3n) is 3.85. The summed E-state index contributed by atoms with van der Waals surface area (Å²) in [7, 11) is 0. The van der Waals surface area contributed by atoms with E-state index in [0.717, 1.165) is 42.6 Å². The van der Waals surface area contributed by atoms with E-state index in [1.165, 1.54) is 11.8 Å². The van der Waals surface area contributed by atoms with Crippen molar-refractivity contribution in [2.45, 2.75) is 19.8 Å². The SMILES string of the molecule is CC1CCN(C2=NC(=O)/C(=C\c3ccc(O)cc3)S2)CC1. The number of aromatic hydroxyl groups is 1. The highest BCUT2D eigenvalue weighted by Crippen LogP contribution is 2.32. The number of likely N-dealkylation sites (tertiary alicyclic amines) is 1. The Morgan fingerprint density at radius 2 is 1.95 bits per heavy atom. The molecule has 110 valence electrons. The minimum absolute atomic E-state index is 0.165. The second kappa shape index (κ2) is 5.93. The van der Waals surface area contributed by atoms with E-state index in [-0.39, 0.29) is 11.7 Å². The second-order valence-electron chi connectivity index (χ2n) is 5.57. The van der Waals surface area contributed by atoms with Gasteiger partial charge in [0.1, 0.15) is 5.75 Å². The van der Waals surface area contributed by atoms with Crippen molar-refractivity contribution in [1.29, 1.82) is 0 Å². The third kappa shape index (κ3) is 3.29. The summed E-state index contributed by atoms with van der Waals surface area (Å²) in [5, 5.41) is 10.1. The first-order valence-corrected chi connectivity index (χ1v) is 8.00. The van der Waals surface area contributed by atoms with Crippen molar-refractivity contribution in [3.63, 3.8) is 0 Å². The van der Waals surface area contributed by atoms with E-state index in [1.807, 2.05) is 6.08 Å². The number of amidine groups is 1. The van der Waals surface area contributed by atoms with Crippen LogP contribution in [0.5, 0.6) is 5.75 Å². The molecule has 1 aromatic rings. The summed E-state index contributed by atoms with van der Waals surface area (Å²) < 4.78 is 0. The average Bonchev–Trinajstić information content (AvgIpc) is 2.83. The van der Waals surface area contributed by atoms with E-state index < -0.39 is 0 Å². The normalized spacial score (nSPS) is 22.0. The number of carbonyl (C=O) groups excluding carboxylic acids is 1. The number of hydrogen-bond acceptors (Lipinski definition) is 4. The zero-order chi connectivity index (χ0) is 14.8. The standard InChI is InChI=1S/C16H18N2O2S/c1-11-6-8-18(9-7-11)16-17-15(20)14(21-16)10-12-2-4-13(19)5-3-12/h2-5,10-11,19H,6-9H2,1H3/b14-10+. The number of hydrogen-bond donors (Lipinski definition) is 1. The first-order chi connectivity index (χ1) is 10.1. The number of phenolic OH excluding ortho intramolecular Hbond substituents is 1. The number of piperidine rings is 1. The minimum atomic E-state index is -0.165. The summed E-state index contributed by atoms with van der Waals surface area (Å²) in [5.74, 6) is 0.819. The fraction of sp³-hybridized carbons (Fsp3) is 0.375. The highest BCUT2D eigenvalue weighted by Gasteiger charge is 2.28. The van der Waals surface area contributed by atoms with Crippen molar-refractivity contribution in [3.8, 4) is 5.75 Å². The van der Waals surface area contributed by atoms with Gasteiger partial charge in [-0.1, -0.05) is 19.1 Å². The van der Waals surface area contributed by atoms with Crippen molar-refractivity contribution in [2.75, 3.05) is 13.1 Å². The molecule has 0 bridgehead atoms. The maximum absolute atomic E-state index is 12.0. The summed E-state index contributed by atoms with van der Waals surface area (Å²) in [4.78, 5) is 19.0. The molecule has 3 rings (SSSR count). The molecular formula is C16H18N2O2S. The number of carbonyl (C=O) groups is 1. The van der Waals surface area contributed by atoms with Crippen LogP contribution in [0.4, 0.5) is 0 Å². The summed E-state index contributed by atoms with van der Waals surface area (Å²) in [5.41, 5.74) is 0.896. The van der Waals surface area contributed by atoms with Gasteiger partial charge in [-0.25, -0.2) is 0 Å². The Bertz CT molecular complexity index is 599. The smallest absolute Gasteiger partial charge is 0.286 e. The Morgan fingerprint density at radius 1 is 1.29 bits per heavy atom. The molecule has 0 unspecified atom stereocenters. The van der Waals surface area contributed by atoms with Crippen LogP contribution in [0.3, 0.4) is 0 Å². The molecule has 4 nitrogen and oxygen atoms in total. The molecule has 0 atom stereocenters. The van der Waals surface area contributed by atoms with Crippen LogP contribution in [0, 0.1) is 5.92 Å². The third-order valence-corrected chi connectivity index (χ3v) is 4.90. The Hall–Kier alpha value is -1.75. The predicted octanol–water partition coefficient (Wildman–Crippen LogP) is 3.09. The molecule has 2 heterocycles. The van der Waals surface area contributed by atoms with Gasteiger partial charge in [0, 0.05) is 13.1 Å². The molecule has 5 heteroatoms. The second-order valence-corrected chi connectivity index (χ2v) is 6.58. The van der Waals surface area contributed by atoms with Gasteiger partial charge in [0.15, 0.2) is 5.17 Å². The van der Waals surface area contributed by atoms with Gasteiger partial charge in [-0.3, -0.25) is 4.79 Å². The lowest BCUT2D eigenvalue weighted by atomic mass is 10.00. The molecule has 0 aromatic heterocycles. The van der Waals surface area contributed by atoms with Crippen LogP contribution in [0.25, 0.3) is 6.08 Å². The summed E-state index contributed by atoms with van der Waals surface area (Å²) in [6, 6.07) is 6.81. The molecule has 2 aliphatic rings. The van der Waals surface area contributed by atoms with Crippen LogP contribution in [0.1, 0.15) is 25.3 Å². The van der Waals surface area contributed by atoms with Crippen LogP contribution in [0.2, 0.25) is 0 Å². The molecule has 1 aromatic carbocycles. The topological polar surface area (TPSA) is 52.9 Å². The lowest BCUT2D eigenvalue weighted by Gasteiger charge is -2.30. The molecule has 0 saturated carbocycles. The van der Waals surface area contributed by atoms with E-state index in [4.69, 9.17) is 0 Å². The Kier molecular flexibility index (Phi) is 4.01. The number of aliphatic imine (C=N–C) groups is 1. The Morgan fingerprint density at radius 3 is 2.62 bits per heavy atom. The molecular weight excluding hydrogens is 284 g/mol. The maximum atomic E-state index is 12.0. The van der Waals surface area contributed by atoms with Crippen LogP contribution < -0.4 is 0 Å². The molecule has 21 heavy (non-hydrogen) atoms. The quantitative estimate of drug-likeness (QED) is 0.810. The van der Waals surface area contributed by atoms with Crippen LogP contribution in [-0.4, -0.2) is 34.2 Å². The van der Waals surface area contributed by atoms with Gasteiger partial charge in [-0.15, -0.1) is 0 Å². The Labute approximate surface area is 128 Å². The van der Waals surface area contributed by atoms with Crippen LogP contribution in [-0.2, 0) is 4.79 Å². The van der Waals surface area contributed by atoms with Crippen LogP contribution >= 0.6 is 11.8 Å². The van der Waals surface area contributed by atoms with Crippen molar-refractivity contribution in [3.05, 3.63) is 34.7 Å². The van der Waals surface area contributed by atoms with Gasteiger partial charge in [0.2, 0.25) is 0 Å². The van der Waals surface area contributed by atoms with Gasteiger partial charge in [0.25, 0.3) is 5.91 Å². The largest absolute Gasteiger partial charge is 0.508 e. The number of thioether (sulfide) groups is 1. The molecule has 1 fully saturated rings. The summed E-state index contributed by atoms with van der Waals surface area (Å²) in [6.07, 6.45) is 4.14. The molecule has 0 radical (unpaired) electrons. The van der Waals surface area contributed by atoms with Gasteiger partial charge in [0.05, 0.1) is 4.91 Å². The average molecular weight is 302 g/mol. The van der Waals surface area contributed by atoms with E-state index in [0.29, 0.717) is 4.91 Å². The van der Waals surface area contributed by atoms with Crippen LogP contribution in [0.15, 0.2) is 34.2 Å². The van der Waals surface area contributed by atoms with Gasteiger partial charge < -0.3 is 10.0 Å². The number of rotatable bonds is 1. The fourth-order valence-electron chi connectivity index (χ4n) is 2.46. The zero-order valence-electron chi connectivity index (χ0n) is 12.0. The monoisotopic (exact) mass is 302 g/mol. The molecule has 1 N–H and O–H groups in total. The van der Waals surface area contributed by atoms with E-state index >= 15 is 0 Å². The predicted molar refractivity (Wildman–Crippen MR) is 86.1 cm³/mol. The fourth-order valence-corrected chi connectivity index (χ4v) is 3.42. The number of phenols is 1. The lowest BCUT2D eigenvalue weighted by Crippen LogP contribution is -2.35. The molecule has 2 aliphatic heterocycles. The molecule has 0 aliphatic carbocycles. The van der Waals surface area contributed by atoms with E-state index in [1.54, 1.807) is 24.3 Å². The van der Waals surface area contributed by atoms with Gasteiger partial charge in [-0.2, -0.15) is 4.99 Å². The summed E-state index contributed by atoms with van der Waals surface area (Å²) >= 11 is 1.45. The zero-order valence-corrected chi connectivity index (χ0v) is 12.8. The molecule has 1 saturated heterocycles. The first-order valence-electron chi connectivity index (χ1n) is 7.18.